The quantitative estimate of drug-likeness (QED) is 0.859. The first-order valence-electron chi connectivity index (χ1n) is 8.67. The molecule has 3 heterocycles. The lowest BCUT2D eigenvalue weighted by Gasteiger charge is -2.41. The van der Waals surface area contributed by atoms with E-state index in [0.717, 1.165) is 19.5 Å². The lowest BCUT2D eigenvalue weighted by atomic mass is 10.0. The molecule has 0 N–H and O–H groups in total. The summed E-state index contributed by atoms with van der Waals surface area (Å²) in [5.41, 5.74) is 0.647. The van der Waals surface area contributed by atoms with Crippen molar-refractivity contribution < 1.29 is 9.53 Å². The number of carbonyl (C=O) groups excluding carboxylic acids is 1. The van der Waals surface area contributed by atoms with Gasteiger partial charge < -0.3 is 9.64 Å². The Kier molecular flexibility index (Phi) is 4.85. The van der Waals surface area contributed by atoms with Crippen LogP contribution in [0.2, 0.25) is 0 Å². The molecule has 3 atom stereocenters. The van der Waals surface area contributed by atoms with E-state index in [9.17, 15) is 4.79 Å². The summed E-state index contributed by atoms with van der Waals surface area (Å²) < 4.78 is 5.06. The number of rotatable bonds is 3. The van der Waals surface area contributed by atoms with E-state index in [1.54, 1.807) is 25.4 Å². The van der Waals surface area contributed by atoms with Crippen molar-refractivity contribution in [1.29, 1.82) is 0 Å². The topological polar surface area (TPSA) is 45.7 Å². The van der Waals surface area contributed by atoms with E-state index >= 15 is 0 Å². The predicted molar refractivity (Wildman–Crippen MR) is 89.7 cm³/mol. The smallest absolute Gasteiger partial charge is 0.255 e. The molecule has 0 spiro atoms. The first-order chi connectivity index (χ1) is 11.1. The van der Waals surface area contributed by atoms with Gasteiger partial charge in [0.05, 0.1) is 12.7 Å². The highest BCUT2D eigenvalue weighted by Crippen LogP contribution is 2.30. The van der Waals surface area contributed by atoms with Crippen LogP contribution in [0, 0.1) is 0 Å². The number of methoxy groups -OCH3 is 1. The van der Waals surface area contributed by atoms with E-state index in [1.807, 2.05) is 4.90 Å². The molecule has 5 heteroatoms. The molecule has 0 aromatic carbocycles. The van der Waals surface area contributed by atoms with Crippen molar-refractivity contribution in [2.45, 2.75) is 57.7 Å². The Balaban J connectivity index is 1.68. The van der Waals surface area contributed by atoms with Crippen molar-refractivity contribution in [3.8, 4) is 5.88 Å². The number of carbonyl (C=O) groups is 1. The molecule has 3 rings (SSSR count). The van der Waals surface area contributed by atoms with E-state index in [1.165, 1.54) is 19.3 Å². The van der Waals surface area contributed by atoms with Crippen molar-refractivity contribution >= 4 is 5.91 Å². The van der Waals surface area contributed by atoms with Crippen LogP contribution in [0.15, 0.2) is 18.3 Å². The predicted octanol–water partition coefficient (Wildman–Crippen LogP) is 2.57. The number of nitrogens with zero attached hydrogens (tertiary/aromatic N) is 3. The Hall–Kier alpha value is -1.62. The Labute approximate surface area is 138 Å². The number of likely N-dealkylation sites (tertiary alicyclic amines) is 2. The summed E-state index contributed by atoms with van der Waals surface area (Å²) in [6.45, 7) is 6.31. The summed E-state index contributed by atoms with van der Waals surface area (Å²) in [7, 11) is 1.58. The van der Waals surface area contributed by atoms with Crippen molar-refractivity contribution in [3.05, 3.63) is 23.9 Å². The number of hydrogen-bond donors (Lipinski definition) is 0. The van der Waals surface area contributed by atoms with Crippen LogP contribution in [0.3, 0.4) is 0 Å². The Bertz CT molecular complexity index is 536. The van der Waals surface area contributed by atoms with Crippen LogP contribution in [-0.4, -0.2) is 59.0 Å². The molecule has 23 heavy (non-hydrogen) atoms. The lowest BCUT2D eigenvalue weighted by Crippen LogP contribution is -2.52. The third-order valence-electron chi connectivity index (χ3n) is 5.32. The Morgan fingerprint density at radius 2 is 1.96 bits per heavy atom. The van der Waals surface area contributed by atoms with E-state index in [4.69, 9.17) is 4.74 Å². The molecule has 0 unspecified atom stereocenters. The maximum atomic E-state index is 12.7. The fourth-order valence-electron chi connectivity index (χ4n) is 4.13. The van der Waals surface area contributed by atoms with Gasteiger partial charge >= 0.3 is 0 Å². The number of piperidine rings is 1. The van der Waals surface area contributed by atoms with Gasteiger partial charge in [-0.15, -0.1) is 0 Å². The van der Waals surface area contributed by atoms with Crippen molar-refractivity contribution in [2.24, 2.45) is 0 Å². The first-order valence-corrected chi connectivity index (χ1v) is 8.67. The van der Waals surface area contributed by atoms with Crippen LogP contribution in [0.5, 0.6) is 5.88 Å². The molecule has 2 saturated heterocycles. The van der Waals surface area contributed by atoms with Gasteiger partial charge in [0.1, 0.15) is 0 Å². The fraction of sp³-hybridized carbons (Fsp3) is 0.667. The summed E-state index contributed by atoms with van der Waals surface area (Å²) in [6.07, 6.45) is 6.43. The minimum absolute atomic E-state index is 0.0874. The second kappa shape index (κ2) is 6.87. The van der Waals surface area contributed by atoms with E-state index in [0.29, 0.717) is 29.6 Å². The third kappa shape index (κ3) is 3.34. The van der Waals surface area contributed by atoms with Gasteiger partial charge in [0.15, 0.2) is 0 Å². The SMILES string of the molecule is COc1ccc(C(=O)N2CCC[C@H](N3[C@H](C)CC[C@@H]3C)C2)cn1. The highest BCUT2D eigenvalue weighted by molar-refractivity contribution is 5.94. The van der Waals surface area contributed by atoms with Gasteiger partial charge in [-0.25, -0.2) is 4.98 Å². The van der Waals surface area contributed by atoms with Crippen molar-refractivity contribution in [2.75, 3.05) is 20.2 Å². The van der Waals surface area contributed by atoms with Gasteiger partial charge in [0.2, 0.25) is 5.88 Å². The second-order valence-corrected chi connectivity index (χ2v) is 6.86. The minimum Gasteiger partial charge on any atom is -0.481 e. The van der Waals surface area contributed by atoms with Crippen molar-refractivity contribution in [1.82, 2.24) is 14.8 Å². The Morgan fingerprint density at radius 1 is 1.22 bits per heavy atom. The Morgan fingerprint density at radius 3 is 2.57 bits per heavy atom. The third-order valence-corrected chi connectivity index (χ3v) is 5.32. The van der Waals surface area contributed by atoms with Gasteiger partial charge in [0.25, 0.3) is 5.91 Å². The van der Waals surface area contributed by atoms with E-state index in [2.05, 4.69) is 23.7 Å². The molecule has 1 amide bonds. The highest BCUT2D eigenvalue weighted by Gasteiger charge is 2.36. The molecule has 1 aromatic heterocycles. The summed E-state index contributed by atoms with van der Waals surface area (Å²) in [5.74, 6) is 0.627. The molecule has 5 nitrogen and oxygen atoms in total. The van der Waals surface area contributed by atoms with Gasteiger partial charge in [-0.1, -0.05) is 0 Å². The molecule has 0 bridgehead atoms. The zero-order valence-corrected chi connectivity index (χ0v) is 14.4. The average Bonchev–Trinajstić information content (AvgIpc) is 2.93. The highest BCUT2D eigenvalue weighted by atomic mass is 16.5. The molecule has 2 fully saturated rings. The maximum Gasteiger partial charge on any atom is 0.255 e. The summed E-state index contributed by atoms with van der Waals surface area (Å²) in [4.78, 5) is 21.5. The largest absolute Gasteiger partial charge is 0.481 e. The molecule has 0 radical (unpaired) electrons. The van der Waals surface area contributed by atoms with Gasteiger partial charge in [0, 0.05) is 43.5 Å². The average molecular weight is 317 g/mol. The zero-order chi connectivity index (χ0) is 16.4. The van der Waals surface area contributed by atoms with Crippen LogP contribution < -0.4 is 4.74 Å². The standard InChI is InChI=1S/C18H27N3O2/c1-13-6-7-14(2)21(13)16-5-4-10-20(12-16)18(22)15-8-9-17(23-3)19-11-15/h8-9,11,13-14,16H,4-7,10,12H2,1-3H3/t13-,14+,16-/m0/s1. The van der Waals surface area contributed by atoms with Gasteiger partial charge in [-0.05, 0) is 45.6 Å². The summed E-state index contributed by atoms with van der Waals surface area (Å²) in [6, 6.07) is 5.31. The molecular weight excluding hydrogens is 290 g/mol. The van der Waals surface area contributed by atoms with E-state index in [-0.39, 0.29) is 5.91 Å². The van der Waals surface area contributed by atoms with Crippen LogP contribution >= 0.6 is 0 Å². The molecule has 0 saturated carbocycles. The van der Waals surface area contributed by atoms with Gasteiger partial charge in [-0.2, -0.15) is 0 Å². The molecular formula is C18H27N3O2. The number of amides is 1. The monoisotopic (exact) mass is 317 g/mol. The molecule has 0 aliphatic carbocycles. The lowest BCUT2D eigenvalue weighted by molar-refractivity contribution is 0.0486. The van der Waals surface area contributed by atoms with Gasteiger partial charge in [-0.3, -0.25) is 9.69 Å². The minimum atomic E-state index is 0.0874. The number of ether oxygens (including phenoxy) is 1. The number of aromatic nitrogens is 1. The number of hydrogen-bond acceptors (Lipinski definition) is 4. The van der Waals surface area contributed by atoms with Crippen LogP contribution in [0.4, 0.5) is 0 Å². The zero-order valence-electron chi connectivity index (χ0n) is 14.4. The normalized spacial score (nSPS) is 28.8. The molecule has 2 aliphatic rings. The fourth-order valence-corrected chi connectivity index (χ4v) is 4.13. The summed E-state index contributed by atoms with van der Waals surface area (Å²) in [5, 5.41) is 0. The number of pyridine rings is 1. The first kappa shape index (κ1) is 16.2. The van der Waals surface area contributed by atoms with Crippen LogP contribution in [0.25, 0.3) is 0 Å². The maximum absolute atomic E-state index is 12.7. The second-order valence-electron chi connectivity index (χ2n) is 6.86. The van der Waals surface area contributed by atoms with Crippen LogP contribution in [-0.2, 0) is 0 Å². The molecule has 126 valence electrons. The summed E-state index contributed by atoms with van der Waals surface area (Å²) >= 11 is 0. The van der Waals surface area contributed by atoms with E-state index < -0.39 is 0 Å². The van der Waals surface area contributed by atoms with Crippen LogP contribution in [0.1, 0.15) is 49.9 Å². The molecule has 2 aliphatic heterocycles. The molecule has 1 aromatic rings. The van der Waals surface area contributed by atoms with Crippen molar-refractivity contribution in [3.63, 3.8) is 0 Å².